The molecule has 1 amide bonds. The highest BCUT2D eigenvalue weighted by molar-refractivity contribution is 6.01. The molecule has 35 heavy (non-hydrogen) atoms. The molecule has 1 fully saturated rings. The molecule has 2 N–H and O–H groups in total. The van der Waals surface area contributed by atoms with Gasteiger partial charge in [0.15, 0.2) is 5.78 Å². The van der Waals surface area contributed by atoms with E-state index in [1.54, 1.807) is 4.90 Å². The van der Waals surface area contributed by atoms with E-state index in [0.717, 1.165) is 28.8 Å². The van der Waals surface area contributed by atoms with E-state index in [1.807, 2.05) is 13.8 Å². The van der Waals surface area contributed by atoms with Gasteiger partial charge in [0, 0.05) is 45.3 Å². The molecule has 9 nitrogen and oxygen atoms in total. The van der Waals surface area contributed by atoms with Crippen LogP contribution in [0.15, 0.2) is 33.9 Å². The SMILES string of the molecule is CC(C)Cn1c(N)c(C(=O)CN2CCN(C(=O)c3ccc(C(F)(F)F)cc3)CC2)c(=O)n(C)c1=O. The second kappa shape index (κ2) is 10.1. The van der Waals surface area contributed by atoms with E-state index < -0.39 is 34.7 Å². The van der Waals surface area contributed by atoms with E-state index in [0.29, 0.717) is 13.1 Å². The minimum absolute atomic E-state index is 0.0609. The molecule has 0 saturated carbocycles. The van der Waals surface area contributed by atoms with Gasteiger partial charge >= 0.3 is 11.9 Å². The number of alkyl halides is 3. The molecule has 1 aliphatic heterocycles. The minimum atomic E-state index is -4.48. The number of nitrogen functional groups attached to an aromatic ring is 1. The van der Waals surface area contributed by atoms with Crippen molar-refractivity contribution in [2.24, 2.45) is 13.0 Å². The highest BCUT2D eigenvalue weighted by atomic mass is 19.4. The zero-order valence-corrected chi connectivity index (χ0v) is 19.8. The Morgan fingerprint density at radius 3 is 2.11 bits per heavy atom. The third kappa shape index (κ3) is 5.64. The van der Waals surface area contributed by atoms with Crippen molar-refractivity contribution in [2.75, 3.05) is 38.5 Å². The quantitative estimate of drug-likeness (QED) is 0.608. The Bertz CT molecular complexity index is 1220. The van der Waals surface area contributed by atoms with Crippen molar-refractivity contribution in [3.05, 3.63) is 61.8 Å². The monoisotopic (exact) mass is 495 g/mol. The van der Waals surface area contributed by atoms with E-state index in [2.05, 4.69) is 0 Å². The summed E-state index contributed by atoms with van der Waals surface area (Å²) in [6.45, 7) is 5.05. The highest BCUT2D eigenvalue weighted by Gasteiger charge is 2.31. The number of halogens is 3. The molecule has 1 aliphatic rings. The maximum Gasteiger partial charge on any atom is 0.416 e. The van der Waals surface area contributed by atoms with E-state index in [1.165, 1.54) is 16.5 Å². The summed E-state index contributed by atoms with van der Waals surface area (Å²) >= 11 is 0. The molecule has 3 rings (SSSR count). The maximum atomic E-state index is 13.0. The van der Waals surface area contributed by atoms with E-state index in [9.17, 15) is 32.3 Å². The molecule has 1 aromatic carbocycles. The number of amides is 1. The Kier molecular flexibility index (Phi) is 7.53. The second-order valence-corrected chi connectivity index (χ2v) is 8.98. The van der Waals surface area contributed by atoms with Crippen LogP contribution in [0.25, 0.3) is 0 Å². The van der Waals surface area contributed by atoms with Gasteiger partial charge in [0.05, 0.1) is 12.1 Å². The van der Waals surface area contributed by atoms with Crippen molar-refractivity contribution in [2.45, 2.75) is 26.6 Å². The van der Waals surface area contributed by atoms with Gasteiger partial charge in [-0.15, -0.1) is 0 Å². The fraction of sp³-hybridized carbons (Fsp3) is 0.478. The van der Waals surface area contributed by atoms with Crippen LogP contribution in [0.3, 0.4) is 0 Å². The van der Waals surface area contributed by atoms with Crippen LogP contribution in [-0.2, 0) is 19.8 Å². The fourth-order valence-corrected chi connectivity index (χ4v) is 3.96. The lowest BCUT2D eigenvalue weighted by Crippen LogP contribution is -2.51. The molecule has 1 saturated heterocycles. The van der Waals surface area contributed by atoms with E-state index in [-0.39, 0.29) is 49.0 Å². The summed E-state index contributed by atoms with van der Waals surface area (Å²) in [6, 6.07) is 4.02. The van der Waals surface area contributed by atoms with Crippen molar-refractivity contribution < 1.29 is 22.8 Å². The molecule has 0 spiro atoms. The second-order valence-electron chi connectivity index (χ2n) is 8.98. The van der Waals surface area contributed by atoms with Gasteiger partial charge in [-0.05, 0) is 30.2 Å². The third-order valence-corrected chi connectivity index (χ3v) is 5.90. The van der Waals surface area contributed by atoms with Crippen molar-refractivity contribution in [1.29, 1.82) is 0 Å². The van der Waals surface area contributed by atoms with Crippen LogP contribution in [0.5, 0.6) is 0 Å². The number of ketones is 1. The number of nitrogens with two attached hydrogens (primary N) is 1. The Hall–Kier alpha value is -3.41. The van der Waals surface area contributed by atoms with Crippen LogP contribution in [0.4, 0.5) is 19.0 Å². The summed E-state index contributed by atoms with van der Waals surface area (Å²) in [5, 5.41) is 0. The molecule has 0 aliphatic carbocycles. The summed E-state index contributed by atoms with van der Waals surface area (Å²) in [4.78, 5) is 54.0. The molecule has 0 radical (unpaired) electrons. The molecule has 2 heterocycles. The summed E-state index contributed by atoms with van der Waals surface area (Å²) in [5.74, 6) is -1.02. The van der Waals surface area contributed by atoms with E-state index >= 15 is 0 Å². The number of hydrogen-bond acceptors (Lipinski definition) is 6. The lowest BCUT2D eigenvalue weighted by Gasteiger charge is -2.34. The average Bonchev–Trinajstić information content (AvgIpc) is 2.80. The van der Waals surface area contributed by atoms with Gasteiger partial charge in [0.2, 0.25) is 0 Å². The standard InChI is InChI=1S/C23H28F3N5O4/c1-14(2)12-31-19(27)18(21(34)28(3)22(31)35)17(32)13-29-8-10-30(11-9-29)20(33)15-4-6-16(7-5-15)23(24,25)26/h4-7,14H,8-13,27H2,1-3H3. The van der Waals surface area contributed by atoms with Gasteiger partial charge in [-0.25, -0.2) is 4.79 Å². The lowest BCUT2D eigenvalue weighted by atomic mass is 10.1. The number of carbonyl (C=O) groups is 2. The first-order valence-electron chi connectivity index (χ1n) is 11.1. The van der Waals surface area contributed by atoms with Crippen LogP contribution in [0.2, 0.25) is 0 Å². The van der Waals surface area contributed by atoms with Crippen molar-refractivity contribution in [1.82, 2.24) is 18.9 Å². The van der Waals surface area contributed by atoms with Gasteiger partial charge in [0.1, 0.15) is 11.4 Å². The Morgan fingerprint density at radius 2 is 1.60 bits per heavy atom. The number of piperazine rings is 1. The van der Waals surface area contributed by atoms with Gasteiger partial charge in [-0.1, -0.05) is 13.8 Å². The summed E-state index contributed by atoms with van der Waals surface area (Å²) < 4.78 is 40.3. The maximum absolute atomic E-state index is 13.0. The summed E-state index contributed by atoms with van der Waals surface area (Å²) in [5.41, 5.74) is 3.79. The number of aromatic nitrogens is 2. The molecular weight excluding hydrogens is 467 g/mol. The molecule has 0 atom stereocenters. The van der Waals surface area contributed by atoms with Crippen LogP contribution >= 0.6 is 0 Å². The summed E-state index contributed by atoms with van der Waals surface area (Å²) in [6.07, 6.45) is -4.48. The Labute approximate surface area is 199 Å². The predicted molar refractivity (Wildman–Crippen MR) is 123 cm³/mol. The van der Waals surface area contributed by atoms with E-state index in [4.69, 9.17) is 5.73 Å². The van der Waals surface area contributed by atoms with Crippen LogP contribution in [0, 0.1) is 5.92 Å². The largest absolute Gasteiger partial charge is 0.416 e. The minimum Gasteiger partial charge on any atom is -0.384 e. The van der Waals surface area contributed by atoms with Crippen molar-refractivity contribution in [3.63, 3.8) is 0 Å². The number of benzene rings is 1. The first-order chi connectivity index (χ1) is 16.3. The number of nitrogens with zero attached hydrogens (tertiary/aromatic N) is 4. The lowest BCUT2D eigenvalue weighted by molar-refractivity contribution is -0.137. The molecule has 1 aromatic heterocycles. The predicted octanol–water partition coefficient (Wildman–Crippen LogP) is 1.44. The number of hydrogen-bond donors (Lipinski definition) is 1. The molecule has 190 valence electrons. The van der Waals surface area contributed by atoms with Crippen molar-refractivity contribution >= 4 is 17.5 Å². The van der Waals surface area contributed by atoms with Crippen LogP contribution in [0.1, 0.15) is 40.1 Å². The molecule has 2 aromatic rings. The zero-order chi connectivity index (χ0) is 26.1. The van der Waals surface area contributed by atoms with Crippen molar-refractivity contribution in [3.8, 4) is 0 Å². The number of anilines is 1. The normalized spacial score (nSPS) is 15.0. The third-order valence-electron chi connectivity index (χ3n) is 5.90. The topological polar surface area (TPSA) is 111 Å². The van der Waals surface area contributed by atoms with Gasteiger partial charge in [-0.2, -0.15) is 13.2 Å². The first-order valence-corrected chi connectivity index (χ1v) is 11.1. The Morgan fingerprint density at radius 1 is 1.03 bits per heavy atom. The summed E-state index contributed by atoms with van der Waals surface area (Å²) in [7, 11) is 1.29. The van der Waals surface area contributed by atoms with Crippen LogP contribution < -0.4 is 17.0 Å². The molecule has 0 bridgehead atoms. The first kappa shape index (κ1) is 26.2. The number of rotatable bonds is 6. The Balaban J connectivity index is 1.68. The molecule has 12 heteroatoms. The fourth-order valence-electron chi connectivity index (χ4n) is 3.96. The molecule has 0 unspecified atom stereocenters. The van der Waals surface area contributed by atoms with Gasteiger partial charge in [0.25, 0.3) is 11.5 Å². The molecular formula is C23H28F3N5O4. The van der Waals surface area contributed by atoms with Gasteiger partial charge < -0.3 is 10.6 Å². The zero-order valence-electron chi connectivity index (χ0n) is 19.8. The van der Waals surface area contributed by atoms with Crippen LogP contribution in [-0.4, -0.2) is 63.3 Å². The van der Waals surface area contributed by atoms with Gasteiger partial charge in [-0.3, -0.25) is 28.4 Å². The smallest absolute Gasteiger partial charge is 0.384 e. The highest BCUT2D eigenvalue weighted by Crippen LogP contribution is 2.29. The number of Topliss-reactive ketones (excluding diaryl/α,β-unsaturated/α-hetero) is 1. The number of carbonyl (C=O) groups excluding carboxylic acids is 2. The average molecular weight is 496 g/mol.